The molecule has 1 aliphatic rings. The summed E-state index contributed by atoms with van der Waals surface area (Å²) in [6.45, 7) is 5.22. The number of nitrogens with zero attached hydrogens (tertiary/aromatic N) is 4. The molecule has 0 radical (unpaired) electrons. The van der Waals surface area contributed by atoms with Crippen LogP contribution < -0.4 is 5.32 Å². The number of benzene rings is 1. The molecule has 1 aromatic carbocycles. The minimum absolute atomic E-state index is 0.0594. The van der Waals surface area contributed by atoms with Crippen LogP contribution in [0.5, 0.6) is 5.75 Å². The van der Waals surface area contributed by atoms with E-state index < -0.39 is 17.5 Å². The number of rotatable bonds is 4. The van der Waals surface area contributed by atoms with E-state index in [9.17, 15) is 23.1 Å². The maximum atomic E-state index is 12.8. The first-order valence-corrected chi connectivity index (χ1v) is 9.26. The molecule has 1 aromatic heterocycles. The van der Waals surface area contributed by atoms with Crippen molar-refractivity contribution in [2.45, 2.75) is 32.9 Å². The van der Waals surface area contributed by atoms with Gasteiger partial charge in [0.25, 0.3) is 0 Å². The number of piperidine rings is 1. The molecule has 0 unspecified atom stereocenters. The first-order valence-electron chi connectivity index (χ1n) is 9.26. The summed E-state index contributed by atoms with van der Waals surface area (Å²) in [5.74, 6) is 0.0863. The van der Waals surface area contributed by atoms with Crippen LogP contribution in [0, 0.1) is 12.8 Å². The number of aromatic nitrogens is 3. The number of aryl methyl sites for hydroxylation is 1. The molecular formula is C19H22F3N5O2. The minimum Gasteiger partial charge on any atom is -0.507 e. The number of halogens is 3. The van der Waals surface area contributed by atoms with Crippen LogP contribution in [0.1, 0.15) is 31.0 Å². The molecule has 1 atom stereocenters. The molecule has 1 saturated heterocycles. The van der Waals surface area contributed by atoms with Crippen molar-refractivity contribution in [3.05, 3.63) is 29.5 Å². The SMILES string of the molecule is CC(=O)N1CCC[C@@H](CNc2nnc(-c3ccc(C(F)(F)F)cc3O)c(C)n2)C1. The van der Waals surface area contributed by atoms with E-state index in [1.54, 1.807) is 13.8 Å². The summed E-state index contributed by atoms with van der Waals surface area (Å²) in [4.78, 5) is 17.6. The number of anilines is 1. The van der Waals surface area contributed by atoms with Gasteiger partial charge in [0.15, 0.2) is 0 Å². The van der Waals surface area contributed by atoms with Gasteiger partial charge in [0.1, 0.15) is 11.4 Å². The van der Waals surface area contributed by atoms with Crippen molar-refractivity contribution in [2.75, 3.05) is 25.0 Å². The molecule has 7 nitrogen and oxygen atoms in total. The van der Waals surface area contributed by atoms with Gasteiger partial charge < -0.3 is 15.3 Å². The lowest BCUT2D eigenvalue weighted by Crippen LogP contribution is -2.40. The minimum atomic E-state index is -4.54. The van der Waals surface area contributed by atoms with Gasteiger partial charge in [-0.25, -0.2) is 4.98 Å². The average molecular weight is 409 g/mol. The Labute approximate surface area is 166 Å². The zero-order valence-electron chi connectivity index (χ0n) is 16.1. The standard InChI is InChI=1S/C19H22F3N5O2/c1-11-17(15-6-5-14(8-16(15)29)19(20,21)22)25-26-18(24-11)23-9-13-4-3-7-27(10-13)12(2)28/h5-6,8,13,29H,3-4,7,9-10H2,1-2H3,(H,23,24,26)/t13-/m0/s1. The highest BCUT2D eigenvalue weighted by Crippen LogP contribution is 2.36. The van der Waals surface area contributed by atoms with E-state index in [2.05, 4.69) is 20.5 Å². The van der Waals surface area contributed by atoms with Gasteiger partial charge in [-0.15, -0.1) is 10.2 Å². The Kier molecular flexibility index (Phi) is 5.90. The van der Waals surface area contributed by atoms with Crippen LogP contribution in [0.3, 0.4) is 0 Å². The number of likely N-dealkylation sites (tertiary alicyclic amines) is 1. The second kappa shape index (κ2) is 8.22. The summed E-state index contributed by atoms with van der Waals surface area (Å²) in [5.41, 5.74) is -0.178. The van der Waals surface area contributed by atoms with Crippen molar-refractivity contribution >= 4 is 11.9 Å². The molecule has 0 saturated carbocycles. The Hall–Kier alpha value is -2.91. The van der Waals surface area contributed by atoms with Gasteiger partial charge in [-0.3, -0.25) is 4.79 Å². The van der Waals surface area contributed by atoms with Crippen LogP contribution in [-0.2, 0) is 11.0 Å². The second-order valence-electron chi connectivity index (χ2n) is 7.15. The average Bonchev–Trinajstić information content (AvgIpc) is 2.66. The molecule has 156 valence electrons. The van der Waals surface area contributed by atoms with E-state index in [0.717, 1.165) is 31.5 Å². The Balaban J connectivity index is 1.70. The lowest BCUT2D eigenvalue weighted by atomic mass is 9.98. The number of alkyl halides is 3. The molecular weight excluding hydrogens is 387 g/mol. The quantitative estimate of drug-likeness (QED) is 0.806. The predicted octanol–water partition coefficient (Wildman–Crippen LogP) is 3.24. The van der Waals surface area contributed by atoms with E-state index in [-0.39, 0.29) is 29.0 Å². The summed E-state index contributed by atoms with van der Waals surface area (Å²) in [6, 6.07) is 2.70. The van der Waals surface area contributed by atoms with Crippen LogP contribution in [0.4, 0.5) is 19.1 Å². The smallest absolute Gasteiger partial charge is 0.416 e. The number of phenols is 1. The first-order chi connectivity index (χ1) is 13.6. The van der Waals surface area contributed by atoms with E-state index in [1.807, 2.05) is 4.90 Å². The third-order valence-corrected chi connectivity index (χ3v) is 4.95. The Bertz CT molecular complexity index is 904. The van der Waals surface area contributed by atoms with Gasteiger partial charge in [-0.1, -0.05) is 0 Å². The first kappa shape index (κ1) is 20.8. The van der Waals surface area contributed by atoms with Gasteiger partial charge in [0.2, 0.25) is 11.9 Å². The van der Waals surface area contributed by atoms with Gasteiger partial charge in [0.05, 0.1) is 11.3 Å². The summed E-state index contributed by atoms with van der Waals surface area (Å²) in [7, 11) is 0. The number of carbonyl (C=O) groups is 1. The summed E-state index contributed by atoms with van der Waals surface area (Å²) in [6.07, 6.45) is -2.61. The van der Waals surface area contributed by atoms with Crippen LogP contribution >= 0.6 is 0 Å². The predicted molar refractivity (Wildman–Crippen MR) is 100 cm³/mol. The normalized spacial score (nSPS) is 17.3. The third-order valence-electron chi connectivity index (χ3n) is 4.95. The van der Waals surface area contributed by atoms with E-state index in [0.29, 0.717) is 24.8 Å². The second-order valence-corrected chi connectivity index (χ2v) is 7.15. The number of amides is 1. The fourth-order valence-electron chi connectivity index (χ4n) is 3.39. The number of phenolic OH excluding ortho intramolecular Hbond substituents is 1. The van der Waals surface area contributed by atoms with Crippen LogP contribution in [0.2, 0.25) is 0 Å². The molecule has 2 N–H and O–H groups in total. The Morgan fingerprint density at radius 1 is 1.34 bits per heavy atom. The molecule has 2 aromatic rings. The molecule has 29 heavy (non-hydrogen) atoms. The summed E-state index contributed by atoms with van der Waals surface area (Å²) >= 11 is 0. The number of hydrogen-bond donors (Lipinski definition) is 2. The molecule has 2 heterocycles. The topological polar surface area (TPSA) is 91.2 Å². The van der Waals surface area contributed by atoms with Crippen molar-refractivity contribution in [1.29, 1.82) is 0 Å². The molecule has 1 aliphatic heterocycles. The van der Waals surface area contributed by atoms with Crippen LogP contribution in [0.15, 0.2) is 18.2 Å². The van der Waals surface area contributed by atoms with Gasteiger partial charge in [-0.2, -0.15) is 13.2 Å². The fraction of sp³-hybridized carbons (Fsp3) is 0.474. The van der Waals surface area contributed by atoms with E-state index in [1.165, 1.54) is 0 Å². The van der Waals surface area contributed by atoms with Crippen molar-refractivity contribution in [2.24, 2.45) is 5.92 Å². The van der Waals surface area contributed by atoms with Crippen molar-refractivity contribution in [3.63, 3.8) is 0 Å². The monoisotopic (exact) mass is 409 g/mol. The zero-order valence-corrected chi connectivity index (χ0v) is 16.1. The lowest BCUT2D eigenvalue weighted by Gasteiger charge is -2.32. The Morgan fingerprint density at radius 3 is 2.72 bits per heavy atom. The van der Waals surface area contributed by atoms with Gasteiger partial charge >= 0.3 is 6.18 Å². The molecule has 3 rings (SSSR count). The van der Waals surface area contributed by atoms with E-state index in [4.69, 9.17) is 0 Å². The molecule has 0 spiro atoms. The Morgan fingerprint density at radius 2 is 2.10 bits per heavy atom. The van der Waals surface area contributed by atoms with Crippen LogP contribution in [-0.4, -0.2) is 50.7 Å². The highest BCUT2D eigenvalue weighted by atomic mass is 19.4. The number of hydrogen-bond acceptors (Lipinski definition) is 6. The summed E-state index contributed by atoms with van der Waals surface area (Å²) in [5, 5.41) is 21.1. The highest BCUT2D eigenvalue weighted by Gasteiger charge is 2.31. The van der Waals surface area contributed by atoms with Crippen molar-refractivity contribution < 1.29 is 23.1 Å². The summed E-state index contributed by atoms with van der Waals surface area (Å²) < 4.78 is 38.3. The maximum Gasteiger partial charge on any atom is 0.416 e. The zero-order chi connectivity index (χ0) is 21.2. The fourth-order valence-corrected chi connectivity index (χ4v) is 3.39. The van der Waals surface area contributed by atoms with Crippen molar-refractivity contribution in [3.8, 4) is 17.0 Å². The molecule has 10 heteroatoms. The van der Waals surface area contributed by atoms with Crippen LogP contribution in [0.25, 0.3) is 11.3 Å². The third kappa shape index (κ3) is 4.93. The largest absolute Gasteiger partial charge is 0.507 e. The lowest BCUT2D eigenvalue weighted by molar-refractivity contribution is -0.137. The molecule has 1 amide bonds. The number of carbonyl (C=O) groups excluding carboxylic acids is 1. The molecule has 0 aliphatic carbocycles. The van der Waals surface area contributed by atoms with Gasteiger partial charge in [0, 0.05) is 32.1 Å². The molecule has 1 fully saturated rings. The maximum absolute atomic E-state index is 12.8. The molecule has 0 bridgehead atoms. The van der Waals surface area contributed by atoms with Gasteiger partial charge in [-0.05, 0) is 43.9 Å². The number of aromatic hydroxyl groups is 1. The number of nitrogens with one attached hydrogen (secondary N) is 1. The van der Waals surface area contributed by atoms with Crippen molar-refractivity contribution in [1.82, 2.24) is 20.1 Å². The van der Waals surface area contributed by atoms with E-state index >= 15 is 0 Å². The highest BCUT2D eigenvalue weighted by molar-refractivity contribution is 5.73.